The molecular weight excluding hydrogens is 238 g/mol. The zero-order chi connectivity index (χ0) is 12.6. The molecule has 4 nitrogen and oxygen atoms in total. The summed E-state index contributed by atoms with van der Waals surface area (Å²) in [5, 5.41) is 0.467. The molecule has 0 saturated heterocycles. The molecule has 0 fully saturated rings. The van der Waals surface area contributed by atoms with E-state index < -0.39 is 15.1 Å². The van der Waals surface area contributed by atoms with Crippen molar-refractivity contribution in [2.45, 2.75) is 24.9 Å². The average Bonchev–Trinajstić information content (AvgIpc) is 2.57. The fourth-order valence-corrected chi connectivity index (χ4v) is 2.41. The minimum absolute atomic E-state index is 0.0702. The number of hydrogen-bond donors (Lipinski definition) is 1. The number of nitrogens with two attached hydrogens (primary N) is 1. The number of furan rings is 1. The summed E-state index contributed by atoms with van der Waals surface area (Å²) in [6.07, 6.45) is 0. The summed E-state index contributed by atoms with van der Waals surface area (Å²) < 4.78 is 29.0. The van der Waals surface area contributed by atoms with Crippen LogP contribution in [0.25, 0.3) is 11.0 Å². The first kappa shape index (κ1) is 12.0. The van der Waals surface area contributed by atoms with Crippen LogP contribution < -0.4 is 5.73 Å². The maximum absolute atomic E-state index is 11.8. The standard InChI is InChI=1S/C12H15NO3S/c1-8(2)17(14,15)7-11-5-9-3-4-10(13)6-12(9)16-11/h3-6,8H,7,13H2,1-2H3. The van der Waals surface area contributed by atoms with Gasteiger partial charge in [-0.25, -0.2) is 8.42 Å². The van der Waals surface area contributed by atoms with Gasteiger partial charge in [-0.2, -0.15) is 0 Å². The Morgan fingerprint density at radius 1 is 1.29 bits per heavy atom. The highest BCUT2D eigenvalue weighted by Gasteiger charge is 2.19. The monoisotopic (exact) mass is 253 g/mol. The Hall–Kier alpha value is -1.49. The van der Waals surface area contributed by atoms with Crippen LogP contribution in [0.1, 0.15) is 19.6 Å². The van der Waals surface area contributed by atoms with Crippen LogP contribution in [0.4, 0.5) is 5.69 Å². The first-order valence-electron chi connectivity index (χ1n) is 5.38. The zero-order valence-electron chi connectivity index (χ0n) is 9.80. The molecule has 5 heteroatoms. The van der Waals surface area contributed by atoms with Gasteiger partial charge < -0.3 is 10.2 Å². The van der Waals surface area contributed by atoms with Gasteiger partial charge in [0.25, 0.3) is 0 Å². The molecule has 0 spiro atoms. The minimum Gasteiger partial charge on any atom is -0.460 e. The average molecular weight is 253 g/mol. The molecular formula is C12H15NO3S. The second-order valence-corrected chi connectivity index (χ2v) is 6.92. The maximum Gasteiger partial charge on any atom is 0.159 e. The van der Waals surface area contributed by atoms with Crippen molar-refractivity contribution in [3.8, 4) is 0 Å². The largest absolute Gasteiger partial charge is 0.460 e. The van der Waals surface area contributed by atoms with Crippen LogP contribution in [0.2, 0.25) is 0 Å². The summed E-state index contributed by atoms with van der Waals surface area (Å²) in [6, 6.07) is 7.02. The molecule has 0 aliphatic carbocycles. The summed E-state index contributed by atoms with van der Waals surface area (Å²) in [5.41, 5.74) is 6.86. The Kier molecular flexibility index (Phi) is 2.87. The Labute approximate surface area is 100 Å². The highest BCUT2D eigenvalue weighted by atomic mass is 32.2. The highest BCUT2D eigenvalue weighted by Crippen LogP contribution is 2.23. The van der Waals surface area contributed by atoms with Crippen molar-refractivity contribution in [3.05, 3.63) is 30.0 Å². The number of anilines is 1. The topological polar surface area (TPSA) is 73.3 Å². The molecule has 0 aliphatic rings. The van der Waals surface area contributed by atoms with E-state index in [1.54, 1.807) is 32.0 Å². The summed E-state index contributed by atoms with van der Waals surface area (Å²) in [5.74, 6) is 0.387. The smallest absolute Gasteiger partial charge is 0.159 e. The number of sulfone groups is 1. The first-order valence-corrected chi connectivity index (χ1v) is 7.09. The molecule has 0 bridgehead atoms. The van der Waals surface area contributed by atoms with Crippen molar-refractivity contribution in [3.63, 3.8) is 0 Å². The molecule has 0 radical (unpaired) electrons. The van der Waals surface area contributed by atoms with E-state index in [9.17, 15) is 8.42 Å². The van der Waals surface area contributed by atoms with E-state index >= 15 is 0 Å². The van der Waals surface area contributed by atoms with E-state index in [0.717, 1.165) is 5.39 Å². The first-order chi connectivity index (χ1) is 7.88. The van der Waals surface area contributed by atoms with Crippen molar-refractivity contribution in [2.75, 3.05) is 5.73 Å². The van der Waals surface area contributed by atoms with Crippen molar-refractivity contribution in [1.29, 1.82) is 0 Å². The molecule has 0 atom stereocenters. The molecule has 92 valence electrons. The minimum atomic E-state index is -3.13. The van der Waals surface area contributed by atoms with Crippen LogP contribution in [0, 0.1) is 0 Å². The van der Waals surface area contributed by atoms with E-state index in [2.05, 4.69) is 0 Å². The Morgan fingerprint density at radius 2 is 2.00 bits per heavy atom. The molecule has 0 amide bonds. The van der Waals surface area contributed by atoms with Gasteiger partial charge in [-0.05, 0) is 32.0 Å². The highest BCUT2D eigenvalue weighted by molar-refractivity contribution is 7.91. The molecule has 2 rings (SSSR count). The molecule has 2 N–H and O–H groups in total. The summed E-state index contributed by atoms with van der Waals surface area (Å²) in [6.45, 7) is 3.33. The molecule has 0 aliphatic heterocycles. The fraction of sp³-hybridized carbons (Fsp3) is 0.333. The number of fused-ring (bicyclic) bond motifs is 1. The quantitative estimate of drug-likeness (QED) is 0.852. The third-order valence-corrected chi connectivity index (χ3v) is 4.78. The molecule has 0 unspecified atom stereocenters. The summed E-state index contributed by atoms with van der Waals surface area (Å²) in [7, 11) is -3.13. The van der Waals surface area contributed by atoms with Gasteiger partial charge in [-0.3, -0.25) is 0 Å². The Morgan fingerprint density at radius 3 is 2.65 bits per heavy atom. The molecule has 2 aromatic rings. The molecule has 0 saturated carbocycles. The number of nitrogen functional groups attached to an aromatic ring is 1. The molecule has 1 aromatic carbocycles. The lowest BCUT2D eigenvalue weighted by Gasteiger charge is -2.04. The maximum atomic E-state index is 11.8. The fourth-order valence-electron chi connectivity index (χ4n) is 1.54. The van der Waals surface area contributed by atoms with Gasteiger partial charge in [0.05, 0.1) is 5.25 Å². The number of benzene rings is 1. The Balaban J connectivity index is 2.38. The van der Waals surface area contributed by atoms with Gasteiger partial charge in [0.2, 0.25) is 0 Å². The van der Waals surface area contributed by atoms with E-state index in [1.165, 1.54) is 0 Å². The lowest BCUT2D eigenvalue weighted by atomic mass is 10.2. The van der Waals surface area contributed by atoms with Gasteiger partial charge >= 0.3 is 0 Å². The van der Waals surface area contributed by atoms with Gasteiger partial charge in [0.1, 0.15) is 17.1 Å². The van der Waals surface area contributed by atoms with E-state index in [1.807, 2.05) is 6.07 Å². The van der Waals surface area contributed by atoms with E-state index in [4.69, 9.17) is 10.2 Å². The molecule has 17 heavy (non-hydrogen) atoms. The lowest BCUT2D eigenvalue weighted by Crippen LogP contribution is -2.15. The summed E-state index contributed by atoms with van der Waals surface area (Å²) in [4.78, 5) is 0. The SMILES string of the molecule is CC(C)S(=O)(=O)Cc1cc2ccc(N)cc2o1. The lowest BCUT2D eigenvalue weighted by molar-refractivity contribution is 0.550. The third kappa shape index (κ3) is 2.44. The van der Waals surface area contributed by atoms with Crippen LogP contribution in [-0.4, -0.2) is 13.7 Å². The second kappa shape index (κ2) is 4.07. The van der Waals surface area contributed by atoms with Crippen molar-refractivity contribution >= 4 is 26.5 Å². The van der Waals surface area contributed by atoms with Gasteiger partial charge in [0.15, 0.2) is 9.84 Å². The van der Waals surface area contributed by atoms with Crippen molar-refractivity contribution < 1.29 is 12.8 Å². The summed E-state index contributed by atoms with van der Waals surface area (Å²) >= 11 is 0. The second-order valence-electron chi connectivity index (χ2n) is 4.37. The van der Waals surface area contributed by atoms with E-state index in [-0.39, 0.29) is 5.75 Å². The van der Waals surface area contributed by atoms with E-state index in [0.29, 0.717) is 17.0 Å². The van der Waals surface area contributed by atoms with Crippen LogP contribution in [0.15, 0.2) is 28.7 Å². The molecule has 1 heterocycles. The van der Waals surface area contributed by atoms with Gasteiger partial charge in [-0.1, -0.05) is 0 Å². The predicted molar refractivity (Wildman–Crippen MR) is 68.4 cm³/mol. The van der Waals surface area contributed by atoms with Crippen molar-refractivity contribution in [1.82, 2.24) is 0 Å². The Bertz CT molecular complexity index is 641. The zero-order valence-corrected chi connectivity index (χ0v) is 10.6. The predicted octanol–water partition coefficient (Wildman–Crippen LogP) is 2.34. The van der Waals surface area contributed by atoms with Crippen LogP contribution in [-0.2, 0) is 15.6 Å². The molecule has 1 aromatic heterocycles. The van der Waals surface area contributed by atoms with Crippen LogP contribution >= 0.6 is 0 Å². The van der Waals surface area contributed by atoms with Crippen LogP contribution in [0.3, 0.4) is 0 Å². The van der Waals surface area contributed by atoms with Gasteiger partial charge in [-0.15, -0.1) is 0 Å². The number of hydrogen-bond acceptors (Lipinski definition) is 4. The van der Waals surface area contributed by atoms with Crippen LogP contribution in [0.5, 0.6) is 0 Å². The third-order valence-electron chi connectivity index (χ3n) is 2.66. The van der Waals surface area contributed by atoms with Crippen molar-refractivity contribution in [2.24, 2.45) is 0 Å². The normalized spacial score (nSPS) is 12.4. The number of rotatable bonds is 3. The van der Waals surface area contributed by atoms with Gasteiger partial charge in [0, 0.05) is 17.1 Å².